The maximum atomic E-state index is 15.6. The van der Waals surface area contributed by atoms with Crippen LogP contribution in [0.5, 0.6) is 5.75 Å². The summed E-state index contributed by atoms with van der Waals surface area (Å²) in [5.74, 6) is -0.438. The number of nitrogens with one attached hydrogen (secondary N) is 2. The molecule has 0 bridgehead atoms. The SMILES string of the molecule is CCC(=O)OC(C)(C)N[P@](=O)(OC[C@H]1O[C@@H](n2ccc(=O)[nH]c2=O)[C@](C)(F)[C@@H]1O)Oc1ccc(-c2ccccc2)cc1. The molecule has 12 nitrogen and oxygen atoms in total. The summed E-state index contributed by atoms with van der Waals surface area (Å²) >= 11 is 0. The van der Waals surface area contributed by atoms with Crippen molar-refractivity contribution in [3.63, 3.8) is 0 Å². The van der Waals surface area contributed by atoms with E-state index < -0.39 is 61.4 Å². The van der Waals surface area contributed by atoms with Crippen LogP contribution in [0.1, 0.15) is 40.3 Å². The number of alkyl halides is 1. The smallest absolute Gasteiger partial charge is 0.444 e. The number of rotatable bonds is 11. The number of hydrogen-bond acceptors (Lipinski definition) is 9. The molecule has 2 aromatic carbocycles. The number of benzene rings is 2. The van der Waals surface area contributed by atoms with Gasteiger partial charge in [-0.1, -0.05) is 49.4 Å². The Kier molecular flexibility index (Phi) is 9.19. The normalized spacial score (nSPS) is 23.7. The Labute approximate surface area is 241 Å². The third-order valence-corrected chi connectivity index (χ3v) is 8.23. The summed E-state index contributed by atoms with van der Waals surface area (Å²) in [6.07, 6.45) is -3.78. The number of aliphatic hydroxyl groups is 1. The summed E-state index contributed by atoms with van der Waals surface area (Å²) in [7, 11) is -4.40. The minimum absolute atomic E-state index is 0.0563. The standard InChI is InChI=1S/C28H33FN3O9P/c1-5-23(34)40-27(2,3)31-42(37,41-20-13-11-19(12-14-20)18-9-7-6-8-10-18)38-17-21-24(35)28(4,29)25(39-21)32-16-15-22(33)30-26(32)36/h6-16,21,24-25,35H,5,17H2,1-4H3,(H,31,37)(H,30,33,36)/t21-,24-,25-,28-,42+/m1/s1. The van der Waals surface area contributed by atoms with Crippen molar-refractivity contribution in [1.29, 1.82) is 0 Å². The summed E-state index contributed by atoms with van der Waals surface area (Å²) in [5.41, 5.74) is -3.84. The fourth-order valence-corrected chi connectivity index (χ4v) is 6.01. The second-order valence-electron chi connectivity index (χ2n) is 10.4. The van der Waals surface area contributed by atoms with Gasteiger partial charge in [-0.15, -0.1) is 0 Å². The van der Waals surface area contributed by atoms with Crippen molar-refractivity contribution in [3.8, 4) is 16.9 Å². The molecule has 3 aromatic rings. The molecule has 0 amide bonds. The van der Waals surface area contributed by atoms with Crippen LogP contribution in [0.4, 0.5) is 4.39 Å². The number of aromatic amines is 1. The van der Waals surface area contributed by atoms with E-state index in [0.717, 1.165) is 34.9 Å². The Morgan fingerprint density at radius 3 is 2.40 bits per heavy atom. The van der Waals surface area contributed by atoms with Crippen LogP contribution in [0.15, 0.2) is 76.4 Å². The highest BCUT2D eigenvalue weighted by molar-refractivity contribution is 7.52. The fourth-order valence-electron chi connectivity index (χ4n) is 4.40. The Morgan fingerprint density at radius 1 is 1.14 bits per heavy atom. The van der Waals surface area contributed by atoms with E-state index in [9.17, 15) is 24.1 Å². The summed E-state index contributed by atoms with van der Waals surface area (Å²) in [5, 5.41) is 13.3. The van der Waals surface area contributed by atoms with Crippen molar-refractivity contribution < 1.29 is 37.4 Å². The van der Waals surface area contributed by atoms with Gasteiger partial charge in [0.1, 0.15) is 18.0 Å². The lowest BCUT2D eigenvalue weighted by Gasteiger charge is -2.31. The quantitative estimate of drug-likeness (QED) is 0.167. The van der Waals surface area contributed by atoms with Crippen LogP contribution in [-0.2, 0) is 23.4 Å². The first-order chi connectivity index (χ1) is 19.7. The van der Waals surface area contributed by atoms with Crippen LogP contribution in [0.2, 0.25) is 0 Å². The van der Waals surface area contributed by atoms with Gasteiger partial charge < -0.3 is 19.1 Å². The number of H-pyrrole nitrogens is 1. The number of carbonyl (C=O) groups is 1. The Morgan fingerprint density at radius 2 is 1.79 bits per heavy atom. The van der Waals surface area contributed by atoms with Crippen molar-refractivity contribution in [2.75, 3.05) is 6.61 Å². The van der Waals surface area contributed by atoms with Crippen molar-refractivity contribution in [2.45, 2.75) is 63.9 Å². The first-order valence-electron chi connectivity index (χ1n) is 13.2. The molecule has 42 heavy (non-hydrogen) atoms. The van der Waals surface area contributed by atoms with Crippen LogP contribution < -0.4 is 20.9 Å². The second kappa shape index (κ2) is 12.3. The third kappa shape index (κ3) is 7.23. The van der Waals surface area contributed by atoms with Crippen molar-refractivity contribution >= 4 is 13.7 Å². The minimum atomic E-state index is -4.40. The maximum Gasteiger partial charge on any atom is 0.461 e. The number of carbonyl (C=O) groups excluding carboxylic acids is 1. The molecule has 2 heterocycles. The van der Waals surface area contributed by atoms with Gasteiger partial charge in [-0.2, -0.15) is 5.09 Å². The molecule has 0 aliphatic carbocycles. The predicted octanol–water partition coefficient (Wildman–Crippen LogP) is 3.67. The van der Waals surface area contributed by atoms with Gasteiger partial charge >= 0.3 is 19.4 Å². The van der Waals surface area contributed by atoms with Gasteiger partial charge in [-0.25, -0.2) is 13.8 Å². The molecular weight excluding hydrogens is 572 g/mol. The zero-order chi connectivity index (χ0) is 30.7. The van der Waals surface area contributed by atoms with Gasteiger partial charge in [0, 0.05) is 18.7 Å². The fraction of sp³-hybridized carbons (Fsp3) is 0.393. The van der Waals surface area contributed by atoms with E-state index in [-0.39, 0.29) is 12.2 Å². The average Bonchev–Trinajstić information content (AvgIpc) is 3.15. The molecule has 4 rings (SSSR count). The van der Waals surface area contributed by atoms with E-state index in [4.69, 9.17) is 18.5 Å². The molecule has 0 radical (unpaired) electrons. The number of ether oxygens (including phenoxy) is 2. The molecule has 5 atom stereocenters. The Balaban J connectivity index is 1.56. The zero-order valence-corrected chi connectivity index (χ0v) is 24.4. The molecule has 226 valence electrons. The number of nitrogens with zero attached hydrogens (tertiary/aromatic N) is 1. The van der Waals surface area contributed by atoms with Gasteiger partial charge in [-0.05, 0) is 44.0 Å². The van der Waals surface area contributed by atoms with Gasteiger partial charge in [0.25, 0.3) is 5.56 Å². The van der Waals surface area contributed by atoms with Gasteiger partial charge in [0.15, 0.2) is 17.6 Å². The average molecular weight is 606 g/mol. The highest BCUT2D eigenvalue weighted by Crippen LogP contribution is 2.49. The molecule has 3 N–H and O–H groups in total. The number of hydrogen-bond donors (Lipinski definition) is 3. The molecule has 0 spiro atoms. The number of aromatic nitrogens is 2. The van der Waals surface area contributed by atoms with Crippen LogP contribution in [-0.4, -0.2) is 50.8 Å². The first-order valence-corrected chi connectivity index (χ1v) is 14.7. The van der Waals surface area contributed by atoms with Crippen LogP contribution in [0.25, 0.3) is 11.1 Å². The summed E-state index contributed by atoms with van der Waals surface area (Å²) < 4.78 is 52.7. The second-order valence-corrected chi connectivity index (χ2v) is 12.0. The van der Waals surface area contributed by atoms with Crippen LogP contribution in [0.3, 0.4) is 0 Å². The summed E-state index contributed by atoms with van der Waals surface area (Å²) in [6, 6.07) is 17.2. The molecule has 1 aliphatic rings. The number of esters is 1. The molecule has 0 saturated carbocycles. The van der Waals surface area contributed by atoms with Crippen molar-refractivity contribution in [3.05, 3.63) is 87.7 Å². The lowest BCUT2D eigenvalue weighted by atomic mass is 9.98. The van der Waals surface area contributed by atoms with E-state index >= 15 is 4.39 Å². The Bertz CT molecular complexity index is 1560. The molecule has 1 saturated heterocycles. The first kappa shape index (κ1) is 31.3. The molecule has 1 aliphatic heterocycles. The van der Waals surface area contributed by atoms with Crippen molar-refractivity contribution in [1.82, 2.24) is 14.6 Å². The third-order valence-electron chi connectivity index (χ3n) is 6.48. The largest absolute Gasteiger partial charge is 0.461 e. The maximum absolute atomic E-state index is 15.6. The topological polar surface area (TPSA) is 158 Å². The highest BCUT2D eigenvalue weighted by atomic mass is 31.2. The minimum Gasteiger partial charge on any atom is -0.444 e. The molecule has 14 heteroatoms. The van der Waals surface area contributed by atoms with E-state index in [1.807, 2.05) is 35.3 Å². The molecule has 0 unspecified atom stereocenters. The lowest BCUT2D eigenvalue weighted by molar-refractivity contribution is -0.157. The molecule has 1 aromatic heterocycles. The zero-order valence-electron chi connectivity index (χ0n) is 23.5. The molecular formula is C28H33FN3O9P. The summed E-state index contributed by atoms with van der Waals surface area (Å²) in [4.78, 5) is 37.7. The van der Waals surface area contributed by atoms with E-state index in [1.54, 1.807) is 31.2 Å². The van der Waals surface area contributed by atoms with Gasteiger partial charge in [0.05, 0.1) is 6.61 Å². The predicted molar refractivity (Wildman–Crippen MR) is 150 cm³/mol. The van der Waals surface area contributed by atoms with Gasteiger partial charge in [0.2, 0.25) is 0 Å². The van der Waals surface area contributed by atoms with Gasteiger partial charge in [-0.3, -0.25) is 23.7 Å². The van der Waals surface area contributed by atoms with Crippen LogP contribution in [0, 0.1) is 0 Å². The summed E-state index contributed by atoms with van der Waals surface area (Å²) in [6.45, 7) is 4.85. The number of aliphatic hydroxyl groups excluding tert-OH is 1. The van der Waals surface area contributed by atoms with Crippen LogP contribution >= 0.6 is 7.75 Å². The van der Waals surface area contributed by atoms with E-state index in [1.165, 1.54) is 13.8 Å². The number of halogens is 1. The lowest BCUT2D eigenvalue weighted by Crippen LogP contribution is -2.44. The van der Waals surface area contributed by atoms with E-state index in [2.05, 4.69) is 5.09 Å². The van der Waals surface area contributed by atoms with Crippen molar-refractivity contribution in [2.24, 2.45) is 0 Å². The monoisotopic (exact) mass is 605 g/mol. The molecule has 1 fully saturated rings. The van der Waals surface area contributed by atoms with E-state index in [0.29, 0.717) is 0 Å². The highest BCUT2D eigenvalue weighted by Gasteiger charge is 2.56. The Hall–Kier alpha value is -3.61.